The maximum absolute atomic E-state index is 12.2. The highest BCUT2D eigenvalue weighted by Gasteiger charge is 2.14. The van der Waals surface area contributed by atoms with Crippen molar-refractivity contribution in [2.45, 2.75) is 26.8 Å². The number of aryl methyl sites for hydroxylation is 2. The van der Waals surface area contributed by atoms with Gasteiger partial charge < -0.3 is 15.4 Å². The quantitative estimate of drug-likeness (QED) is 0.850. The summed E-state index contributed by atoms with van der Waals surface area (Å²) in [6, 6.07) is 12.8. The normalized spacial score (nSPS) is 11.5. The topological polar surface area (TPSA) is 67.4 Å². The summed E-state index contributed by atoms with van der Waals surface area (Å²) in [6.07, 6.45) is 0. The maximum atomic E-state index is 12.2. The third kappa shape index (κ3) is 4.83. The van der Waals surface area contributed by atoms with Crippen LogP contribution in [0.2, 0.25) is 0 Å². The van der Waals surface area contributed by atoms with Crippen LogP contribution in [0.5, 0.6) is 5.75 Å². The molecule has 1 atom stereocenters. The second kappa shape index (κ2) is 8.33. The van der Waals surface area contributed by atoms with Crippen molar-refractivity contribution in [3.05, 3.63) is 64.7 Å². The van der Waals surface area contributed by atoms with Crippen molar-refractivity contribution < 1.29 is 14.3 Å². The Hall–Kier alpha value is -2.82. The van der Waals surface area contributed by atoms with Crippen molar-refractivity contribution in [1.82, 2.24) is 10.6 Å². The zero-order valence-electron chi connectivity index (χ0n) is 15.1. The number of para-hydroxylation sites is 1. The molecule has 0 aliphatic rings. The molecular formula is C20H24N2O3. The molecule has 2 aromatic rings. The Kier molecular flexibility index (Phi) is 6.17. The predicted molar refractivity (Wildman–Crippen MR) is 97.8 cm³/mol. The second-order valence-electron chi connectivity index (χ2n) is 6.01. The van der Waals surface area contributed by atoms with Gasteiger partial charge in [-0.3, -0.25) is 9.59 Å². The van der Waals surface area contributed by atoms with Crippen molar-refractivity contribution in [3.8, 4) is 5.75 Å². The van der Waals surface area contributed by atoms with Gasteiger partial charge in [-0.2, -0.15) is 0 Å². The number of rotatable bonds is 6. The van der Waals surface area contributed by atoms with Gasteiger partial charge in [-0.15, -0.1) is 0 Å². The van der Waals surface area contributed by atoms with Crippen LogP contribution in [-0.2, 0) is 4.79 Å². The molecule has 1 unspecified atom stereocenters. The number of ether oxygens (including phenoxy) is 1. The van der Waals surface area contributed by atoms with E-state index in [0.717, 1.165) is 22.4 Å². The van der Waals surface area contributed by atoms with Crippen molar-refractivity contribution in [2.75, 3.05) is 13.7 Å². The van der Waals surface area contributed by atoms with E-state index in [1.165, 1.54) is 0 Å². The van der Waals surface area contributed by atoms with E-state index in [1.54, 1.807) is 13.2 Å². The summed E-state index contributed by atoms with van der Waals surface area (Å²) in [5, 5.41) is 5.51. The summed E-state index contributed by atoms with van der Waals surface area (Å²) in [6.45, 7) is 5.74. The lowest BCUT2D eigenvalue weighted by molar-refractivity contribution is -0.120. The molecule has 0 heterocycles. The number of benzene rings is 2. The summed E-state index contributed by atoms with van der Waals surface area (Å²) >= 11 is 0. The third-order valence-electron chi connectivity index (χ3n) is 4.16. The van der Waals surface area contributed by atoms with Crippen LogP contribution in [-0.4, -0.2) is 25.5 Å². The van der Waals surface area contributed by atoms with Gasteiger partial charge in [0.2, 0.25) is 5.91 Å². The summed E-state index contributed by atoms with van der Waals surface area (Å²) in [5.74, 6) is 0.202. The zero-order valence-corrected chi connectivity index (χ0v) is 15.1. The Balaban J connectivity index is 1.91. The fourth-order valence-electron chi connectivity index (χ4n) is 2.54. The van der Waals surface area contributed by atoms with Crippen LogP contribution >= 0.6 is 0 Å². The minimum Gasteiger partial charge on any atom is -0.496 e. The lowest BCUT2D eigenvalue weighted by atomic mass is 10.1. The van der Waals surface area contributed by atoms with Gasteiger partial charge in [0.25, 0.3) is 5.91 Å². The molecule has 2 rings (SSSR count). The van der Waals surface area contributed by atoms with Crippen molar-refractivity contribution in [3.63, 3.8) is 0 Å². The van der Waals surface area contributed by atoms with Crippen LogP contribution in [0.4, 0.5) is 0 Å². The fraction of sp³-hybridized carbons (Fsp3) is 0.300. The van der Waals surface area contributed by atoms with Crippen LogP contribution < -0.4 is 15.4 Å². The van der Waals surface area contributed by atoms with Crippen LogP contribution in [0.1, 0.15) is 40.0 Å². The van der Waals surface area contributed by atoms with Crippen molar-refractivity contribution >= 4 is 11.8 Å². The SMILES string of the molecule is COc1ccccc1C(C)NC(=O)CNC(=O)c1ccc(C)c(C)c1. The van der Waals surface area contributed by atoms with E-state index >= 15 is 0 Å². The first kappa shape index (κ1) is 18.5. The summed E-state index contributed by atoms with van der Waals surface area (Å²) < 4.78 is 5.30. The highest BCUT2D eigenvalue weighted by atomic mass is 16.5. The van der Waals surface area contributed by atoms with Crippen LogP contribution in [0.3, 0.4) is 0 Å². The number of carbonyl (C=O) groups excluding carboxylic acids is 2. The predicted octanol–water partition coefficient (Wildman–Crippen LogP) is 2.92. The number of hydrogen-bond donors (Lipinski definition) is 2. The molecular weight excluding hydrogens is 316 g/mol. The molecule has 0 saturated carbocycles. The molecule has 0 fully saturated rings. The van der Waals surface area contributed by atoms with Gasteiger partial charge in [-0.1, -0.05) is 24.3 Å². The molecule has 5 nitrogen and oxygen atoms in total. The maximum Gasteiger partial charge on any atom is 0.251 e. The van der Waals surface area contributed by atoms with Gasteiger partial charge in [0.1, 0.15) is 5.75 Å². The number of nitrogens with one attached hydrogen (secondary N) is 2. The molecule has 0 aliphatic heterocycles. The van der Waals surface area contributed by atoms with E-state index < -0.39 is 0 Å². The molecule has 25 heavy (non-hydrogen) atoms. The van der Waals surface area contributed by atoms with Crippen LogP contribution in [0.25, 0.3) is 0 Å². The molecule has 0 radical (unpaired) electrons. The summed E-state index contributed by atoms with van der Waals surface area (Å²) in [5.41, 5.74) is 3.61. The van der Waals surface area contributed by atoms with Crippen LogP contribution in [0, 0.1) is 13.8 Å². The third-order valence-corrected chi connectivity index (χ3v) is 4.16. The molecule has 2 N–H and O–H groups in total. The minimum absolute atomic E-state index is 0.0781. The van der Waals surface area contributed by atoms with Crippen molar-refractivity contribution in [1.29, 1.82) is 0 Å². The van der Waals surface area contributed by atoms with E-state index in [9.17, 15) is 9.59 Å². The number of hydrogen-bond acceptors (Lipinski definition) is 3. The Morgan fingerprint density at radius 2 is 1.80 bits per heavy atom. The molecule has 0 spiro atoms. The van der Waals surface area contributed by atoms with Gasteiger partial charge in [-0.05, 0) is 50.1 Å². The molecule has 5 heteroatoms. The second-order valence-corrected chi connectivity index (χ2v) is 6.01. The molecule has 2 aromatic carbocycles. The van der Waals surface area contributed by atoms with Gasteiger partial charge in [-0.25, -0.2) is 0 Å². The smallest absolute Gasteiger partial charge is 0.251 e. The molecule has 132 valence electrons. The van der Waals surface area contributed by atoms with Gasteiger partial charge >= 0.3 is 0 Å². The Bertz CT molecular complexity index is 771. The lowest BCUT2D eigenvalue weighted by Crippen LogP contribution is -2.38. The number of methoxy groups -OCH3 is 1. The van der Waals surface area contributed by atoms with E-state index in [-0.39, 0.29) is 24.4 Å². The average molecular weight is 340 g/mol. The molecule has 0 aromatic heterocycles. The Morgan fingerprint density at radius 3 is 2.48 bits per heavy atom. The average Bonchev–Trinajstić information content (AvgIpc) is 2.61. The zero-order chi connectivity index (χ0) is 18.4. The highest BCUT2D eigenvalue weighted by molar-refractivity contribution is 5.96. The van der Waals surface area contributed by atoms with Crippen molar-refractivity contribution in [2.24, 2.45) is 0 Å². The summed E-state index contributed by atoms with van der Waals surface area (Å²) in [4.78, 5) is 24.3. The minimum atomic E-state index is -0.261. The number of amides is 2. The lowest BCUT2D eigenvalue weighted by Gasteiger charge is -2.17. The van der Waals surface area contributed by atoms with Crippen LogP contribution in [0.15, 0.2) is 42.5 Å². The van der Waals surface area contributed by atoms with Gasteiger partial charge in [0, 0.05) is 11.1 Å². The molecule has 0 aliphatic carbocycles. The van der Waals surface area contributed by atoms with E-state index in [2.05, 4.69) is 10.6 Å². The monoisotopic (exact) mass is 340 g/mol. The highest BCUT2D eigenvalue weighted by Crippen LogP contribution is 2.24. The Labute approximate surface area is 148 Å². The molecule has 0 saturated heterocycles. The number of carbonyl (C=O) groups is 2. The Morgan fingerprint density at radius 1 is 1.08 bits per heavy atom. The first-order chi connectivity index (χ1) is 11.9. The van der Waals surface area contributed by atoms with Gasteiger partial charge in [0.05, 0.1) is 19.7 Å². The standard InChI is InChI=1S/C20H24N2O3/c1-13-9-10-16(11-14(13)2)20(24)21-12-19(23)22-15(3)17-7-5-6-8-18(17)25-4/h5-11,15H,12H2,1-4H3,(H,21,24)(H,22,23). The molecule has 2 amide bonds. The molecule has 0 bridgehead atoms. The van der Waals surface area contributed by atoms with E-state index in [0.29, 0.717) is 5.56 Å². The van der Waals surface area contributed by atoms with E-state index in [1.807, 2.05) is 57.2 Å². The van der Waals surface area contributed by atoms with E-state index in [4.69, 9.17) is 4.74 Å². The first-order valence-corrected chi connectivity index (χ1v) is 8.20. The largest absolute Gasteiger partial charge is 0.496 e. The fourth-order valence-corrected chi connectivity index (χ4v) is 2.54. The first-order valence-electron chi connectivity index (χ1n) is 8.20. The van der Waals surface area contributed by atoms with Gasteiger partial charge in [0.15, 0.2) is 0 Å². The summed E-state index contributed by atoms with van der Waals surface area (Å²) in [7, 11) is 1.59.